The van der Waals surface area contributed by atoms with Crippen LogP contribution in [0.4, 0.5) is 0 Å². The Balaban J connectivity index is 1.96. The Labute approximate surface area is 696 Å². The van der Waals surface area contributed by atoms with E-state index in [1.165, 1.54) is 45.1 Å². The lowest BCUT2D eigenvalue weighted by molar-refractivity contribution is -0.139. The molecular formula is C77H127N23O18S. The molecule has 14 amide bonds. The second kappa shape index (κ2) is 53.4. The van der Waals surface area contributed by atoms with E-state index in [-0.39, 0.29) is 101 Å². The number of fused-ring (bicyclic) bond motifs is 1. The number of carbonyl (C=O) groups is 16. The summed E-state index contributed by atoms with van der Waals surface area (Å²) in [5.74, 6) is -16.6. The summed E-state index contributed by atoms with van der Waals surface area (Å²) in [6, 6.07) is -12.1. The number of aliphatic imine (C=N–C) groups is 1. The normalized spacial score (nSPS) is 15.1. The summed E-state index contributed by atoms with van der Waals surface area (Å²) >= 11 is 1.30. The van der Waals surface area contributed by atoms with Crippen molar-refractivity contribution in [2.45, 2.75) is 262 Å². The molecule has 0 spiro atoms. The maximum Gasteiger partial charge on any atom is 0.303 e. The molecule has 2 aromatic heterocycles. The van der Waals surface area contributed by atoms with E-state index in [1.807, 2.05) is 24.3 Å². The first-order chi connectivity index (χ1) is 56.2. The highest BCUT2D eigenvalue weighted by atomic mass is 32.2. The van der Waals surface area contributed by atoms with E-state index in [2.05, 4.69) is 89.1 Å². The number of guanidine groups is 1. The van der Waals surface area contributed by atoms with Crippen LogP contribution in [0.25, 0.3) is 10.9 Å². The van der Waals surface area contributed by atoms with Crippen molar-refractivity contribution in [1.29, 1.82) is 0 Å². The van der Waals surface area contributed by atoms with E-state index >= 15 is 0 Å². The number of para-hydroxylation sites is 1. The van der Waals surface area contributed by atoms with Gasteiger partial charge >= 0.3 is 11.9 Å². The Morgan fingerprint density at radius 1 is 0.471 bits per heavy atom. The third-order valence-electron chi connectivity index (χ3n) is 19.5. The zero-order chi connectivity index (χ0) is 89.2. The van der Waals surface area contributed by atoms with Crippen LogP contribution in [-0.4, -0.2) is 242 Å². The summed E-state index contributed by atoms with van der Waals surface area (Å²) in [5, 5.41) is 54.2. The number of nitrogens with two attached hydrogens (primary N) is 6. The van der Waals surface area contributed by atoms with E-state index in [9.17, 15) is 86.9 Å². The van der Waals surface area contributed by atoms with Crippen molar-refractivity contribution in [1.82, 2.24) is 84.1 Å². The number of unbranched alkanes of at least 4 members (excludes halogenated alkanes) is 3. The van der Waals surface area contributed by atoms with Crippen molar-refractivity contribution in [2.75, 3.05) is 31.6 Å². The van der Waals surface area contributed by atoms with Gasteiger partial charge in [0.25, 0.3) is 0 Å². The number of amides is 14. The van der Waals surface area contributed by atoms with E-state index in [0.29, 0.717) is 36.9 Å². The second-order valence-corrected chi connectivity index (χ2v) is 31.3. The summed E-state index contributed by atoms with van der Waals surface area (Å²) in [4.78, 5) is 235. The number of carboxylic acid groups (broad SMARTS) is 2. The third kappa shape index (κ3) is 37.2. The van der Waals surface area contributed by atoms with Gasteiger partial charge in [-0.2, -0.15) is 11.8 Å². The van der Waals surface area contributed by atoms with Crippen LogP contribution in [0, 0.1) is 17.8 Å². The molecule has 0 radical (unpaired) electrons. The van der Waals surface area contributed by atoms with Gasteiger partial charge in [-0.05, 0) is 159 Å². The number of hydrogen-bond acceptors (Lipinski definition) is 22. The van der Waals surface area contributed by atoms with Gasteiger partial charge in [0.15, 0.2) is 5.96 Å². The first kappa shape index (κ1) is 102. The number of H-pyrrole nitrogens is 2. The maximum atomic E-state index is 14.9. The quantitative estimate of drug-likeness (QED) is 0.0150. The zero-order valence-corrected chi connectivity index (χ0v) is 70.4. The lowest BCUT2D eigenvalue weighted by atomic mass is 9.96. The van der Waals surface area contributed by atoms with Gasteiger partial charge in [-0.3, -0.25) is 81.7 Å². The van der Waals surface area contributed by atoms with Crippen LogP contribution in [0.2, 0.25) is 0 Å². The Hall–Kier alpha value is -11.0. The highest BCUT2D eigenvalue weighted by Crippen LogP contribution is 2.21. The van der Waals surface area contributed by atoms with Crippen LogP contribution in [0.3, 0.4) is 0 Å². The molecule has 42 heteroatoms. The Kier molecular flexibility index (Phi) is 45.9. The Bertz CT molecular complexity index is 3880. The van der Waals surface area contributed by atoms with Crippen LogP contribution in [0.1, 0.15) is 176 Å². The second-order valence-electron chi connectivity index (χ2n) is 30.3. The molecule has 0 fully saturated rings. The van der Waals surface area contributed by atoms with Crippen LogP contribution >= 0.6 is 11.8 Å². The molecule has 0 unspecified atom stereocenters. The van der Waals surface area contributed by atoms with Crippen LogP contribution in [0.15, 0.2) is 48.0 Å². The number of nitrogens with one attached hydrogen (secondary N) is 15. The van der Waals surface area contributed by atoms with Crippen molar-refractivity contribution in [3.05, 3.63) is 54.2 Å². The molecule has 119 heavy (non-hydrogen) atoms. The molecule has 0 saturated heterocycles. The molecule has 0 aliphatic carbocycles. The monoisotopic (exact) mass is 1690 g/mol. The molecule has 3 rings (SSSR count). The lowest BCUT2D eigenvalue weighted by Gasteiger charge is -2.30. The number of aromatic amines is 2. The minimum absolute atomic E-state index is 0.0214. The molecule has 0 aliphatic rings. The maximum absolute atomic E-state index is 14.9. The first-order valence-electron chi connectivity index (χ1n) is 40.2. The Morgan fingerprint density at radius 2 is 0.891 bits per heavy atom. The summed E-state index contributed by atoms with van der Waals surface area (Å²) in [6.07, 6.45) is 5.43. The number of aromatic nitrogens is 3. The number of carbonyl (C=O) groups excluding carboxylic acids is 14. The average Bonchev–Trinajstić information content (AvgIpc) is 1.78. The van der Waals surface area contributed by atoms with Crippen LogP contribution in [0.5, 0.6) is 0 Å². The summed E-state index contributed by atoms with van der Waals surface area (Å²) in [5.41, 5.74) is 36.1. The van der Waals surface area contributed by atoms with Crippen LogP contribution < -0.4 is 104 Å². The molecule has 1 aromatic carbocycles. The van der Waals surface area contributed by atoms with Gasteiger partial charge in [0.1, 0.15) is 78.5 Å². The molecule has 0 bridgehead atoms. The van der Waals surface area contributed by atoms with E-state index in [4.69, 9.17) is 34.4 Å². The van der Waals surface area contributed by atoms with Gasteiger partial charge in [0.2, 0.25) is 82.7 Å². The number of imidazole rings is 1. The van der Waals surface area contributed by atoms with Gasteiger partial charge in [0, 0.05) is 61.2 Å². The third-order valence-corrected chi connectivity index (χ3v) is 20.1. The predicted octanol–water partition coefficient (Wildman–Crippen LogP) is -3.22. The molecule has 29 N–H and O–H groups in total. The first-order valence-corrected chi connectivity index (χ1v) is 41.5. The smallest absolute Gasteiger partial charge is 0.303 e. The number of aliphatic carboxylic acids is 2. The molecule has 664 valence electrons. The van der Waals surface area contributed by atoms with Crippen molar-refractivity contribution < 1.29 is 86.9 Å². The molecule has 3 aromatic rings. The van der Waals surface area contributed by atoms with Crippen molar-refractivity contribution >= 4 is 123 Å². The number of nitrogens with zero attached hydrogens (tertiary/aromatic N) is 2. The van der Waals surface area contributed by atoms with Crippen molar-refractivity contribution in [3.63, 3.8) is 0 Å². The number of benzene rings is 1. The summed E-state index contributed by atoms with van der Waals surface area (Å²) in [7, 11) is 0. The number of primary amides is 1. The van der Waals surface area contributed by atoms with Gasteiger partial charge in [0.05, 0.1) is 12.4 Å². The standard InChI is InChI=1S/C77H127N23O18S/c1-11-42(6)62(100-72(114)54(26-28-60(103)104)91-66(108)45(9)89-75(117)61(41(4)5)99-64(106)43(7)80)76(118)95-53(25-27-59(101)102)70(112)97-57(34-40(2)3)73(115)94-55(29-33-119-10)71(113)98-58(36-47-38-84-39-87-47)74(116)93-52(23-15-18-31-79)68(110)92-50(24-16-19-32-85-77(82)83)67(109)88-44(8)65(107)90-51(22-14-17-30-78)69(111)96-56(63(81)105)35-46-37-86-49-21-13-12-20-48(46)49/h12-13,20-21,37-45,50-58,61-62,86H,11,14-19,22-36,78-80H2,1-10H3,(H2,81,105)(H,84,87)(H,88,109)(H,89,117)(H,90,107)(H,91,108)(H,92,110)(H,93,116)(H,94,115)(H,95,118)(H,96,111)(H,97,112)(H,98,113)(H,99,106)(H,100,114)(H,101,102)(H,103,104)(H4,82,83,85)/t42-,43-,44-,45-,50-,51-,52-,53-,54-,55-,56-,57-,58-,61-,62-/m0/s1. The minimum Gasteiger partial charge on any atom is -0.481 e. The van der Waals surface area contributed by atoms with Gasteiger partial charge in [-0.1, -0.05) is 66.2 Å². The molecular weight excluding hydrogens is 1570 g/mol. The fourth-order valence-electron chi connectivity index (χ4n) is 12.3. The molecule has 41 nitrogen and oxygen atoms in total. The van der Waals surface area contributed by atoms with Crippen molar-refractivity contribution in [3.8, 4) is 0 Å². The van der Waals surface area contributed by atoms with Crippen LogP contribution in [-0.2, 0) is 89.6 Å². The highest BCUT2D eigenvalue weighted by Gasteiger charge is 2.39. The van der Waals surface area contributed by atoms with E-state index < -0.39 is 217 Å². The number of hydrogen-bond donors (Lipinski definition) is 23. The minimum atomic E-state index is -1.72. The molecule has 2 heterocycles. The molecule has 15 atom stereocenters. The number of carboxylic acids is 2. The molecule has 0 aliphatic heterocycles. The fraction of sp³-hybridized carbons (Fsp3) is 0.636. The Morgan fingerprint density at radius 3 is 1.35 bits per heavy atom. The summed E-state index contributed by atoms with van der Waals surface area (Å²) in [6.45, 7) is 14.5. The highest BCUT2D eigenvalue weighted by molar-refractivity contribution is 7.98. The van der Waals surface area contributed by atoms with Gasteiger partial charge < -0.3 is 124 Å². The largest absolute Gasteiger partial charge is 0.481 e. The van der Waals surface area contributed by atoms with Crippen molar-refractivity contribution in [2.24, 2.45) is 57.1 Å². The van der Waals surface area contributed by atoms with E-state index in [0.717, 1.165) is 10.9 Å². The fourth-order valence-corrected chi connectivity index (χ4v) is 12.8. The summed E-state index contributed by atoms with van der Waals surface area (Å²) < 4.78 is 0. The zero-order valence-electron chi connectivity index (χ0n) is 69.6. The topological polar surface area (TPSA) is 683 Å². The predicted molar refractivity (Wildman–Crippen MR) is 444 cm³/mol. The molecule has 0 saturated carbocycles. The van der Waals surface area contributed by atoms with Gasteiger partial charge in [-0.15, -0.1) is 0 Å². The van der Waals surface area contributed by atoms with E-state index in [1.54, 1.807) is 54.0 Å². The SMILES string of the molecule is CC[C@H](C)[C@H](NC(=O)[C@H](CCC(=O)O)NC(=O)[C@H](C)NC(=O)[C@@H](NC(=O)[C@H](C)N)C(C)C)C(=O)N[C@@H](CCC(=O)O)C(=O)N[C@@H](CC(C)C)C(=O)N[C@@H](CCSC)C(=O)N[C@@H](Cc1cnc[nH]1)C(=O)N[C@@H](CCCCN)C(=O)N[C@@H](CCCCN=C(N)N)C(=O)N[C@@H](C)C(=O)N[C@@H](CCCCN)C(=O)N[C@@H](Cc1c[nH]c2ccccc12)C(N)=O. The number of thioether (sulfide) groups is 1. The lowest BCUT2D eigenvalue weighted by Crippen LogP contribution is -2.61. The average molecular weight is 1700 g/mol. The number of rotatable bonds is 58. The van der Waals surface area contributed by atoms with Gasteiger partial charge in [-0.25, -0.2) is 4.98 Å².